The van der Waals surface area contributed by atoms with Gasteiger partial charge in [-0.25, -0.2) is 29.8 Å². The highest BCUT2D eigenvalue weighted by molar-refractivity contribution is 5.91. The monoisotopic (exact) mass is 1000 g/mol. The van der Waals surface area contributed by atoms with Crippen LogP contribution in [0.5, 0.6) is 0 Å². The number of amides is 6. The van der Waals surface area contributed by atoms with Crippen molar-refractivity contribution in [3.63, 3.8) is 0 Å². The molecule has 0 atom stereocenters. The van der Waals surface area contributed by atoms with Gasteiger partial charge in [0.15, 0.2) is 0 Å². The van der Waals surface area contributed by atoms with Crippen molar-refractivity contribution >= 4 is 24.2 Å². The second-order valence-corrected chi connectivity index (χ2v) is 17.9. The molecule has 14 heteroatoms. The summed E-state index contributed by atoms with van der Waals surface area (Å²) in [4.78, 5) is 47.6. The van der Waals surface area contributed by atoms with Crippen molar-refractivity contribution in [2.75, 3.05) is 74.6 Å². The summed E-state index contributed by atoms with van der Waals surface area (Å²) in [6.07, 6.45) is 36.7. The molecule has 0 aromatic heterocycles. The zero-order valence-electron chi connectivity index (χ0n) is 40.6. The van der Waals surface area contributed by atoms with E-state index in [-0.39, 0.29) is 36.4 Å². The zero-order valence-corrected chi connectivity index (χ0v) is 43.5. The fraction of sp³-hybridized carbons (Fsp3) is 0.915. The van der Waals surface area contributed by atoms with Crippen LogP contribution in [0.25, 0.3) is 0 Å². The third-order valence-corrected chi connectivity index (χ3v) is 10.3. The van der Waals surface area contributed by atoms with Gasteiger partial charge in [-0.3, -0.25) is 0 Å². The van der Waals surface area contributed by atoms with E-state index in [2.05, 4.69) is 70.4 Å². The standard InChI is InChI=1S/C24H49N3O3.C23H47N3O3.ClH.HI/c1-5-6-7-8-9-10-11-12-13-14-15-16-17-18-22-30-24(29)26-23(28)25-20-19-21-27(2,3)4;1-4-5-6-7-8-9-10-11-12-13-14-15-16-17-21-29-23(28)25-22(27)24-19-18-20-26(2)3;;/h5-22H2,1-4H3,(H-,25,26,28,29);4-21H2,1-3H3,(H2,24,25,27,28);2*1H. The average molecular weight is 1010 g/mol. The molecule has 0 saturated carbocycles. The van der Waals surface area contributed by atoms with Crippen molar-refractivity contribution in [3.05, 3.63) is 0 Å². The molecule has 0 radical (unpaired) electrons. The summed E-state index contributed by atoms with van der Waals surface area (Å²) in [5, 5.41) is 9.75. The van der Waals surface area contributed by atoms with Gasteiger partial charge in [-0.05, 0) is 12.8 Å². The molecule has 61 heavy (non-hydrogen) atoms. The SMILES string of the molecule is CCCCCCCCCCCCCCCCOC(=O)NC(=O)NCCC[N+](C)(C)C.CCCCCCCCCCCCCCCCOC(=O)NC(=O)NCCC[NH+](C)C.[Cl-].[I-]. The minimum Gasteiger partial charge on any atom is -1.00 e. The van der Waals surface area contributed by atoms with Crippen molar-refractivity contribution in [2.24, 2.45) is 0 Å². The molecular weight excluding hydrogens is 907 g/mol. The molecule has 0 saturated heterocycles. The van der Waals surface area contributed by atoms with Gasteiger partial charge in [0.2, 0.25) is 0 Å². The number of quaternary nitrogens is 2. The first kappa shape index (κ1) is 66.0. The quantitative estimate of drug-likeness (QED) is 0.0353. The number of unbranched alkanes of at least 4 members (excludes halogenated alkanes) is 26. The van der Waals surface area contributed by atoms with E-state index in [0.717, 1.165) is 56.1 Å². The normalized spacial score (nSPS) is 10.8. The van der Waals surface area contributed by atoms with E-state index in [4.69, 9.17) is 9.47 Å². The third kappa shape index (κ3) is 60.5. The Morgan fingerprint density at radius 3 is 1.00 bits per heavy atom. The Hall–Kier alpha value is -1.58. The van der Waals surface area contributed by atoms with E-state index in [1.807, 2.05) is 0 Å². The van der Waals surface area contributed by atoms with Gasteiger partial charge in [-0.2, -0.15) is 0 Å². The summed E-state index contributed by atoms with van der Waals surface area (Å²) >= 11 is 0. The zero-order chi connectivity index (χ0) is 44.1. The van der Waals surface area contributed by atoms with Gasteiger partial charge >= 0.3 is 24.2 Å². The lowest BCUT2D eigenvalue weighted by Gasteiger charge is -2.23. The lowest BCUT2D eigenvalue weighted by Crippen LogP contribution is -3.05. The highest BCUT2D eigenvalue weighted by atomic mass is 127. The number of halogens is 2. The van der Waals surface area contributed by atoms with Crippen molar-refractivity contribution in [1.82, 2.24) is 21.3 Å². The topological polar surface area (TPSA) is 139 Å². The predicted octanol–water partition coefficient (Wildman–Crippen LogP) is 4.45. The van der Waals surface area contributed by atoms with Crippen LogP contribution in [0.1, 0.15) is 206 Å². The number of ether oxygens (including phenoxy) is 2. The summed E-state index contributed by atoms with van der Waals surface area (Å²) in [6, 6.07) is -0.966. The average Bonchev–Trinajstić information content (AvgIpc) is 3.18. The smallest absolute Gasteiger partial charge is 0.415 e. The predicted molar refractivity (Wildman–Crippen MR) is 246 cm³/mol. The van der Waals surface area contributed by atoms with Crippen LogP contribution in [0.15, 0.2) is 0 Å². The maximum atomic E-state index is 11.6. The first-order valence-electron chi connectivity index (χ1n) is 24.4. The van der Waals surface area contributed by atoms with E-state index >= 15 is 0 Å². The maximum absolute atomic E-state index is 11.6. The Morgan fingerprint density at radius 2 is 0.721 bits per heavy atom. The van der Waals surface area contributed by atoms with E-state index in [0.29, 0.717) is 26.3 Å². The fourth-order valence-corrected chi connectivity index (χ4v) is 6.67. The van der Waals surface area contributed by atoms with Crippen molar-refractivity contribution in [1.29, 1.82) is 0 Å². The molecule has 0 aliphatic heterocycles. The van der Waals surface area contributed by atoms with E-state index in [1.165, 1.54) is 159 Å². The van der Waals surface area contributed by atoms with Crippen molar-refractivity contribution in [2.45, 2.75) is 206 Å². The summed E-state index contributed by atoms with van der Waals surface area (Å²) < 4.78 is 11.0. The molecule has 0 aliphatic carbocycles. The number of hydrogen-bond donors (Lipinski definition) is 5. The minimum atomic E-state index is -0.659. The molecule has 0 aromatic carbocycles. The summed E-state index contributed by atoms with van der Waals surface area (Å²) in [5.41, 5.74) is 0. The lowest BCUT2D eigenvalue weighted by molar-refractivity contribution is -0.870. The molecule has 0 aromatic rings. The number of carbonyl (C=O) groups excluding carboxylic acids is 4. The molecule has 366 valence electrons. The highest BCUT2D eigenvalue weighted by Crippen LogP contribution is 2.14. The molecule has 5 N–H and O–H groups in total. The second-order valence-electron chi connectivity index (χ2n) is 17.9. The van der Waals surface area contributed by atoms with Gasteiger partial charge in [0, 0.05) is 25.9 Å². The lowest BCUT2D eigenvalue weighted by atomic mass is 10.0. The van der Waals surface area contributed by atoms with Gasteiger partial charge in [-0.1, -0.05) is 181 Å². The van der Waals surface area contributed by atoms with Crippen LogP contribution in [0.4, 0.5) is 19.2 Å². The Kier molecular flexibility index (Phi) is 55.3. The van der Waals surface area contributed by atoms with Crippen LogP contribution in [0, 0.1) is 0 Å². The summed E-state index contributed by atoms with van der Waals surface area (Å²) in [5.74, 6) is 0. The number of imide groups is 2. The van der Waals surface area contributed by atoms with Gasteiger partial charge in [-0.15, -0.1) is 0 Å². The van der Waals surface area contributed by atoms with Crippen LogP contribution in [-0.4, -0.2) is 103 Å². The number of carbonyl (C=O) groups is 4. The number of nitrogens with zero attached hydrogens (tertiary/aromatic N) is 1. The van der Waals surface area contributed by atoms with Gasteiger partial charge in [0.25, 0.3) is 0 Å². The molecule has 0 unspecified atom stereocenters. The molecular formula is C47H98ClIN6O6. The Balaban J connectivity index is -0.000000516. The van der Waals surface area contributed by atoms with Crippen LogP contribution < -0.4 is 62.6 Å². The van der Waals surface area contributed by atoms with Crippen LogP contribution in [-0.2, 0) is 9.47 Å². The fourth-order valence-electron chi connectivity index (χ4n) is 6.67. The van der Waals surface area contributed by atoms with Crippen molar-refractivity contribution < 1.29 is 74.4 Å². The largest absolute Gasteiger partial charge is 1.00 e. The molecule has 0 fully saturated rings. The molecule has 0 heterocycles. The number of urea groups is 2. The van der Waals surface area contributed by atoms with Gasteiger partial charge < -0.3 is 65.9 Å². The van der Waals surface area contributed by atoms with Crippen LogP contribution in [0.3, 0.4) is 0 Å². The van der Waals surface area contributed by atoms with E-state index in [1.54, 1.807) is 0 Å². The Labute approximate surface area is 399 Å². The second kappa shape index (κ2) is 51.1. The number of alkyl carbamates (subject to hydrolysis) is 2. The van der Waals surface area contributed by atoms with E-state index < -0.39 is 24.2 Å². The molecule has 12 nitrogen and oxygen atoms in total. The molecule has 0 rings (SSSR count). The van der Waals surface area contributed by atoms with E-state index in [9.17, 15) is 19.2 Å². The Morgan fingerprint density at radius 1 is 0.443 bits per heavy atom. The summed E-state index contributed by atoms with van der Waals surface area (Å²) in [7, 11) is 10.4. The molecule has 0 spiro atoms. The molecule has 6 amide bonds. The molecule has 0 bridgehead atoms. The minimum absolute atomic E-state index is 0. The Bertz CT molecular complexity index is 977. The summed E-state index contributed by atoms with van der Waals surface area (Å²) in [6.45, 7) is 8.33. The van der Waals surface area contributed by atoms with Crippen LogP contribution >= 0.6 is 0 Å². The van der Waals surface area contributed by atoms with Crippen molar-refractivity contribution in [3.8, 4) is 0 Å². The number of rotatable bonds is 38. The number of hydrogen-bond acceptors (Lipinski definition) is 6. The maximum Gasteiger partial charge on any atom is 0.415 e. The highest BCUT2D eigenvalue weighted by Gasteiger charge is 2.10. The van der Waals surface area contributed by atoms with Crippen LogP contribution in [0.2, 0.25) is 0 Å². The first-order chi connectivity index (χ1) is 28.4. The van der Waals surface area contributed by atoms with Gasteiger partial charge in [0.1, 0.15) is 0 Å². The third-order valence-electron chi connectivity index (χ3n) is 10.3. The molecule has 0 aliphatic rings. The first-order valence-corrected chi connectivity index (χ1v) is 24.4. The van der Waals surface area contributed by atoms with Gasteiger partial charge in [0.05, 0.1) is 61.5 Å². The number of nitrogens with one attached hydrogen (secondary N) is 5.